The van der Waals surface area contributed by atoms with Crippen LogP contribution in [0.25, 0.3) is 17.0 Å². The Labute approximate surface area is 242 Å². The number of nitrogens with zero attached hydrogens (tertiary/aromatic N) is 4. The van der Waals surface area contributed by atoms with Crippen molar-refractivity contribution in [2.45, 2.75) is 19.4 Å². The highest BCUT2D eigenvalue weighted by Gasteiger charge is 2.16. The van der Waals surface area contributed by atoms with Crippen LogP contribution in [0, 0.1) is 0 Å². The first kappa shape index (κ1) is 25.3. The average Bonchev–Trinajstić information content (AvgIpc) is 3.73. The number of thiophene rings is 1. The van der Waals surface area contributed by atoms with Crippen LogP contribution >= 0.6 is 45.3 Å². The summed E-state index contributed by atoms with van der Waals surface area (Å²) in [5, 5.41) is 13.3. The van der Waals surface area contributed by atoms with Gasteiger partial charge in [0.15, 0.2) is 5.13 Å². The molecule has 8 nitrogen and oxygen atoms in total. The van der Waals surface area contributed by atoms with Crippen molar-refractivity contribution in [3.05, 3.63) is 76.7 Å². The molecular formula is C27H26IN7OS2. The number of fused-ring (bicyclic) bond motifs is 1. The molecule has 5 heterocycles. The molecule has 6 rings (SSSR count). The van der Waals surface area contributed by atoms with Crippen LogP contribution in [0.2, 0.25) is 0 Å². The number of para-hydroxylation sites is 2. The van der Waals surface area contributed by atoms with E-state index in [4.69, 9.17) is 4.98 Å². The fourth-order valence-corrected chi connectivity index (χ4v) is 6.59. The van der Waals surface area contributed by atoms with Crippen LogP contribution in [0.15, 0.2) is 66.3 Å². The SMILES string of the molecule is O=C(Nc1ccccc1NCI)c1ccc(Nc2nc(-c3cnc4cc(CN5CCCC5)ccn34)cs2)s1. The van der Waals surface area contributed by atoms with Gasteiger partial charge in [0.2, 0.25) is 0 Å². The number of anilines is 4. The number of pyridine rings is 1. The molecule has 0 aliphatic carbocycles. The molecule has 1 amide bonds. The number of rotatable bonds is 9. The van der Waals surface area contributed by atoms with Gasteiger partial charge >= 0.3 is 0 Å². The zero-order valence-corrected chi connectivity index (χ0v) is 24.3. The summed E-state index contributed by atoms with van der Waals surface area (Å²) in [4.78, 5) is 25.4. The Morgan fingerprint density at radius 3 is 2.76 bits per heavy atom. The number of thiazole rings is 1. The number of aromatic nitrogens is 3. The lowest BCUT2D eigenvalue weighted by Crippen LogP contribution is -2.18. The predicted molar refractivity (Wildman–Crippen MR) is 165 cm³/mol. The first-order valence-corrected chi connectivity index (χ1v) is 15.6. The third kappa shape index (κ3) is 5.55. The van der Waals surface area contributed by atoms with Crippen molar-refractivity contribution in [3.63, 3.8) is 0 Å². The number of hydrogen-bond acceptors (Lipinski definition) is 8. The van der Waals surface area contributed by atoms with E-state index in [1.807, 2.05) is 48.0 Å². The number of imidazole rings is 1. The van der Waals surface area contributed by atoms with E-state index >= 15 is 0 Å². The van der Waals surface area contributed by atoms with Crippen LogP contribution in [0.3, 0.4) is 0 Å². The molecule has 1 aliphatic rings. The average molecular weight is 656 g/mol. The van der Waals surface area contributed by atoms with E-state index in [0.717, 1.165) is 49.6 Å². The maximum atomic E-state index is 12.9. The van der Waals surface area contributed by atoms with Gasteiger partial charge in [-0.2, -0.15) is 0 Å². The van der Waals surface area contributed by atoms with Crippen molar-refractivity contribution in [1.82, 2.24) is 19.3 Å². The monoisotopic (exact) mass is 655 g/mol. The van der Waals surface area contributed by atoms with Crippen LogP contribution in [-0.2, 0) is 6.54 Å². The van der Waals surface area contributed by atoms with Crippen molar-refractivity contribution in [3.8, 4) is 11.4 Å². The molecule has 0 radical (unpaired) electrons. The molecule has 0 atom stereocenters. The summed E-state index contributed by atoms with van der Waals surface area (Å²) in [5.74, 6) is -0.139. The highest BCUT2D eigenvalue weighted by atomic mass is 127. The Kier molecular flexibility index (Phi) is 7.58. The summed E-state index contributed by atoms with van der Waals surface area (Å²) in [5.41, 5.74) is 5.71. The number of halogens is 1. The predicted octanol–water partition coefficient (Wildman–Crippen LogP) is 6.92. The van der Waals surface area contributed by atoms with Crippen molar-refractivity contribution in [2.75, 3.05) is 33.6 Å². The van der Waals surface area contributed by atoms with Gasteiger partial charge in [0.1, 0.15) is 11.3 Å². The molecular weight excluding hydrogens is 629 g/mol. The van der Waals surface area contributed by atoms with Gasteiger partial charge in [-0.05, 0) is 67.9 Å². The van der Waals surface area contributed by atoms with Gasteiger partial charge in [0.05, 0.1) is 37.7 Å². The molecule has 0 bridgehead atoms. The zero-order chi connectivity index (χ0) is 25.9. The zero-order valence-electron chi connectivity index (χ0n) is 20.5. The fraction of sp³-hybridized carbons (Fsp3) is 0.222. The Hall–Kier alpha value is -3.00. The van der Waals surface area contributed by atoms with Gasteiger partial charge in [0.25, 0.3) is 5.91 Å². The molecule has 11 heteroatoms. The first-order valence-electron chi connectivity index (χ1n) is 12.4. The molecule has 1 fully saturated rings. The van der Waals surface area contributed by atoms with Gasteiger partial charge in [-0.25, -0.2) is 9.97 Å². The number of nitrogens with one attached hydrogen (secondary N) is 3. The lowest BCUT2D eigenvalue weighted by Gasteiger charge is -2.14. The van der Waals surface area contributed by atoms with Crippen molar-refractivity contribution in [2.24, 2.45) is 0 Å². The largest absolute Gasteiger partial charge is 0.374 e. The summed E-state index contributed by atoms with van der Waals surface area (Å²) in [7, 11) is 0. The van der Waals surface area contributed by atoms with E-state index in [1.165, 1.54) is 54.2 Å². The Balaban J connectivity index is 1.13. The van der Waals surface area contributed by atoms with E-state index < -0.39 is 0 Å². The lowest BCUT2D eigenvalue weighted by molar-refractivity contribution is 0.103. The van der Waals surface area contributed by atoms with E-state index in [9.17, 15) is 4.79 Å². The van der Waals surface area contributed by atoms with Crippen LogP contribution in [0.1, 0.15) is 28.1 Å². The molecule has 0 spiro atoms. The normalized spacial score (nSPS) is 13.7. The third-order valence-electron chi connectivity index (χ3n) is 6.44. The second kappa shape index (κ2) is 11.4. The quantitative estimate of drug-likeness (QED) is 0.0909. The molecule has 194 valence electrons. The standard InChI is InChI=1S/C27H26IN7OS2/c28-17-30-19-5-1-2-6-20(19)31-26(36)23-7-8-25(38-23)33-27-32-21(16-37-27)22-14-29-24-13-18(9-12-35(22)24)15-34-10-3-4-11-34/h1-2,5-9,12-14,16,30H,3-4,10-11,15,17H2,(H,31,36)(H,32,33). The van der Waals surface area contributed by atoms with Gasteiger partial charge in [-0.3, -0.25) is 14.1 Å². The van der Waals surface area contributed by atoms with Crippen molar-refractivity contribution < 1.29 is 4.79 Å². The molecule has 0 unspecified atom stereocenters. The Morgan fingerprint density at radius 1 is 1.08 bits per heavy atom. The van der Waals surface area contributed by atoms with E-state index in [2.05, 4.69) is 71.2 Å². The topological polar surface area (TPSA) is 86.6 Å². The van der Waals surface area contributed by atoms with E-state index in [1.54, 1.807) is 0 Å². The summed E-state index contributed by atoms with van der Waals surface area (Å²) < 4.78 is 2.84. The molecule has 0 saturated carbocycles. The minimum absolute atomic E-state index is 0.139. The van der Waals surface area contributed by atoms with Gasteiger partial charge < -0.3 is 16.0 Å². The highest BCUT2D eigenvalue weighted by Crippen LogP contribution is 2.32. The van der Waals surface area contributed by atoms with Crippen LogP contribution < -0.4 is 16.0 Å². The third-order valence-corrected chi connectivity index (χ3v) is 8.58. The van der Waals surface area contributed by atoms with Crippen LogP contribution in [0.5, 0.6) is 0 Å². The van der Waals surface area contributed by atoms with Gasteiger partial charge in [-0.15, -0.1) is 22.7 Å². The van der Waals surface area contributed by atoms with Gasteiger partial charge in [-0.1, -0.05) is 34.7 Å². The smallest absolute Gasteiger partial charge is 0.265 e. The minimum atomic E-state index is -0.139. The number of carbonyl (C=O) groups is 1. The molecule has 38 heavy (non-hydrogen) atoms. The van der Waals surface area contributed by atoms with E-state index in [-0.39, 0.29) is 5.91 Å². The second-order valence-corrected chi connectivity index (χ2v) is 11.7. The van der Waals surface area contributed by atoms with Crippen molar-refractivity contribution >= 4 is 78.3 Å². The Morgan fingerprint density at radius 2 is 1.92 bits per heavy atom. The second-order valence-electron chi connectivity index (χ2n) is 9.03. The summed E-state index contributed by atoms with van der Waals surface area (Å²) in [6, 6.07) is 15.8. The van der Waals surface area contributed by atoms with Gasteiger partial charge in [0, 0.05) is 18.1 Å². The summed E-state index contributed by atoms with van der Waals surface area (Å²) in [6.45, 7) is 3.34. The molecule has 1 aromatic carbocycles. The fourth-order valence-electron chi connectivity index (χ4n) is 4.59. The number of likely N-dealkylation sites (tertiary alicyclic amines) is 1. The van der Waals surface area contributed by atoms with Crippen LogP contribution in [0.4, 0.5) is 21.5 Å². The highest BCUT2D eigenvalue weighted by molar-refractivity contribution is 14.1. The Bertz CT molecular complexity index is 1570. The maximum Gasteiger partial charge on any atom is 0.265 e. The molecule has 1 saturated heterocycles. The van der Waals surface area contributed by atoms with E-state index in [0.29, 0.717) is 4.88 Å². The van der Waals surface area contributed by atoms with Crippen LogP contribution in [-0.4, -0.2) is 42.8 Å². The number of alkyl halides is 1. The number of carbonyl (C=O) groups excluding carboxylic acids is 1. The number of amides is 1. The summed E-state index contributed by atoms with van der Waals surface area (Å²) >= 11 is 5.17. The first-order chi connectivity index (χ1) is 18.7. The molecule has 4 aromatic heterocycles. The maximum absolute atomic E-state index is 12.9. The molecule has 3 N–H and O–H groups in total. The minimum Gasteiger partial charge on any atom is -0.374 e. The molecule has 1 aliphatic heterocycles. The number of benzene rings is 1. The summed E-state index contributed by atoms with van der Waals surface area (Å²) in [6.07, 6.45) is 6.56. The number of hydrogen-bond donors (Lipinski definition) is 3. The molecule has 5 aromatic rings. The lowest BCUT2D eigenvalue weighted by atomic mass is 10.2. The van der Waals surface area contributed by atoms with Crippen molar-refractivity contribution in [1.29, 1.82) is 0 Å².